The van der Waals surface area contributed by atoms with Gasteiger partial charge in [0, 0.05) is 30.7 Å². The molecule has 3 aliphatic rings. The summed E-state index contributed by atoms with van der Waals surface area (Å²) in [6.45, 7) is 1.83. The summed E-state index contributed by atoms with van der Waals surface area (Å²) >= 11 is 1.12. The number of morpholine rings is 1. The van der Waals surface area contributed by atoms with Gasteiger partial charge in [-0.15, -0.1) is 15.7 Å². The topological polar surface area (TPSA) is 125 Å². The van der Waals surface area contributed by atoms with Gasteiger partial charge < -0.3 is 15.0 Å². The van der Waals surface area contributed by atoms with Gasteiger partial charge in [-0.3, -0.25) is 4.79 Å². The third-order valence-corrected chi connectivity index (χ3v) is 9.33. The summed E-state index contributed by atoms with van der Waals surface area (Å²) in [7, 11) is -7.00. The first-order valence-corrected chi connectivity index (χ1v) is 13.1. The van der Waals surface area contributed by atoms with Crippen LogP contribution in [0.2, 0.25) is 0 Å². The molecule has 0 atom stereocenters. The SMILES string of the molecule is O=C(NCc1ccc(S(=O)(=O)N2CCOCC2)s1)C1=CN2CCS(=O)(=O)N=C2C=C1. The maximum atomic E-state index is 12.7. The molecule has 0 unspecified atom stereocenters. The Balaban J connectivity index is 1.38. The van der Waals surface area contributed by atoms with Crippen molar-refractivity contribution in [3.05, 3.63) is 40.9 Å². The van der Waals surface area contributed by atoms with Gasteiger partial charge in [-0.1, -0.05) is 0 Å². The van der Waals surface area contributed by atoms with Gasteiger partial charge >= 0.3 is 0 Å². The number of carbonyl (C=O) groups is 1. The molecular formula is C17H20N4O6S3. The first-order chi connectivity index (χ1) is 14.2. The quantitative estimate of drug-likeness (QED) is 0.633. The molecule has 3 aliphatic heterocycles. The lowest BCUT2D eigenvalue weighted by molar-refractivity contribution is -0.117. The van der Waals surface area contributed by atoms with Crippen LogP contribution in [0.5, 0.6) is 0 Å². The van der Waals surface area contributed by atoms with Crippen LogP contribution in [-0.2, 0) is 36.1 Å². The Hall–Kier alpha value is -2.06. The third-order valence-electron chi connectivity index (χ3n) is 4.71. The summed E-state index contributed by atoms with van der Waals surface area (Å²) in [6, 6.07) is 3.23. The molecular weight excluding hydrogens is 452 g/mol. The Bertz CT molecular complexity index is 1140. The van der Waals surface area contributed by atoms with E-state index in [1.165, 1.54) is 16.5 Å². The second kappa shape index (κ2) is 8.23. The molecule has 1 aromatic rings. The molecule has 0 radical (unpaired) electrons. The van der Waals surface area contributed by atoms with Crippen molar-refractivity contribution >= 4 is 43.1 Å². The van der Waals surface area contributed by atoms with Gasteiger partial charge in [-0.25, -0.2) is 16.8 Å². The van der Waals surface area contributed by atoms with E-state index in [0.717, 1.165) is 11.3 Å². The average molecular weight is 473 g/mol. The Morgan fingerprint density at radius 3 is 2.73 bits per heavy atom. The lowest BCUT2D eigenvalue weighted by Gasteiger charge is -2.26. The molecule has 13 heteroatoms. The van der Waals surface area contributed by atoms with Crippen LogP contribution in [0.1, 0.15) is 4.88 Å². The van der Waals surface area contributed by atoms with Crippen molar-refractivity contribution in [3.63, 3.8) is 0 Å². The Morgan fingerprint density at radius 1 is 1.20 bits per heavy atom. The maximum Gasteiger partial charge on any atom is 0.256 e. The van der Waals surface area contributed by atoms with Crippen molar-refractivity contribution in [3.8, 4) is 0 Å². The highest BCUT2D eigenvalue weighted by atomic mass is 32.2. The van der Waals surface area contributed by atoms with E-state index < -0.39 is 20.0 Å². The van der Waals surface area contributed by atoms with Gasteiger partial charge in [0.1, 0.15) is 10.0 Å². The van der Waals surface area contributed by atoms with Crippen LogP contribution in [0.4, 0.5) is 0 Å². The third kappa shape index (κ3) is 4.49. The molecule has 0 aromatic carbocycles. The number of ether oxygens (including phenoxy) is 1. The summed E-state index contributed by atoms with van der Waals surface area (Å²) in [4.78, 5) is 14.8. The fraction of sp³-hybridized carbons (Fsp3) is 0.412. The van der Waals surface area contributed by atoms with Crippen molar-refractivity contribution in [2.24, 2.45) is 4.40 Å². The number of nitrogens with zero attached hydrogens (tertiary/aromatic N) is 3. The molecule has 162 valence electrons. The van der Waals surface area contributed by atoms with E-state index in [0.29, 0.717) is 36.8 Å². The first kappa shape index (κ1) is 21.2. The molecule has 10 nitrogen and oxygen atoms in total. The van der Waals surface area contributed by atoms with Crippen LogP contribution in [0.25, 0.3) is 0 Å². The molecule has 1 aromatic heterocycles. The number of hydrogen-bond donors (Lipinski definition) is 1. The maximum absolute atomic E-state index is 12.7. The summed E-state index contributed by atoms with van der Waals surface area (Å²) in [5.41, 5.74) is 0.367. The van der Waals surface area contributed by atoms with Crippen molar-refractivity contribution in [2.75, 3.05) is 38.6 Å². The van der Waals surface area contributed by atoms with Crippen LogP contribution >= 0.6 is 11.3 Å². The molecule has 0 saturated carbocycles. The van der Waals surface area contributed by atoms with E-state index in [4.69, 9.17) is 4.74 Å². The van der Waals surface area contributed by atoms with Crippen LogP contribution in [0, 0.1) is 0 Å². The molecule has 0 spiro atoms. The number of amidine groups is 1. The minimum Gasteiger partial charge on any atom is -0.379 e. The lowest BCUT2D eigenvalue weighted by Crippen LogP contribution is -2.40. The number of rotatable bonds is 5. The molecule has 0 bridgehead atoms. The highest BCUT2D eigenvalue weighted by Gasteiger charge is 2.28. The zero-order valence-corrected chi connectivity index (χ0v) is 18.3. The van der Waals surface area contributed by atoms with Crippen LogP contribution in [0.3, 0.4) is 0 Å². The molecule has 4 rings (SSSR count). The Morgan fingerprint density at radius 2 is 1.97 bits per heavy atom. The van der Waals surface area contributed by atoms with Gasteiger partial charge in [0.2, 0.25) is 0 Å². The van der Waals surface area contributed by atoms with Crippen molar-refractivity contribution in [1.29, 1.82) is 0 Å². The van der Waals surface area contributed by atoms with Crippen LogP contribution < -0.4 is 5.32 Å². The Labute approximate surface area is 178 Å². The van der Waals surface area contributed by atoms with Gasteiger partial charge in [0.05, 0.1) is 31.1 Å². The van der Waals surface area contributed by atoms with E-state index in [1.807, 2.05) is 0 Å². The highest BCUT2D eigenvalue weighted by molar-refractivity contribution is 7.91. The minimum absolute atomic E-state index is 0.106. The molecule has 0 aliphatic carbocycles. The van der Waals surface area contributed by atoms with Crippen molar-refractivity contribution in [2.45, 2.75) is 10.8 Å². The predicted molar refractivity (Wildman–Crippen MR) is 111 cm³/mol. The zero-order valence-electron chi connectivity index (χ0n) is 15.9. The number of hydrogen-bond acceptors (Lipinski definition) is 8. The molecule has 30 heavy (non-hydrogen) atoms. The zero-order chi connectivity index (χ0) is 21.4. The van der Waals surface area contributed by atoms with Gasteiger partial charge in [0.25, 0.3) is 26.0 Å². The van der Waals surface area contributed by atoms with Crippen LogP contribution in [-0.4, -0.2) is 76.4 Å². The number of fused-ring (bicyclic) bond motifs is 1. The van der Waals surface area contributed by atoms with E-state index >= 15 is 0 Å². The lowest BCUT2D eigenvalue weighted by atomic mass is 10.2. The largest absolute Gasteiger partial charge is 0.379 e. The van der Waals surface area contributed by atoms with Gasteiger partial charge in [0.15, 0.2) is 0 Å². The summed E-state index contributed by atoms with van der Waals surface area (Å²) in [5.74, 6) is -0.163. The normalized spacial score (nSPS) is 21.5. The standard InChI is InChI=1S/C17H20N4O6S3/c22-17(13-1-3-15-19-29(23,24)10-7-20(15)12-13)18-11-14-2-4-16(28-14)30(25,26)21-5-8-27-9-6-21/h1-4,12H,5-11H2,(H,18,22). The second-order valence-corrected chi connectivity index (χ2v) is 11.9. The molecule has 4 heterocycles. The average Bonchev–Trinajstić information content (AvgIpc) is 3.21. The molecule has 1 amide bonds. The van der Waals surface area contributed by atoms with E-state index in [1.54, 1.807) is 23.2 Å². The first-order valence-electron chi connectivity index (χ1n) is 9.19. The highest BCUT2D eigenvalue weighted by Crippen LogP contribution is 2.25. The summed E-state index contributed by atoms with van der Waals surface area (Å²) in [5, 5.41) is 2.76. The number of carbonyl (C=O) groups excluding carboxylic acids is 1. The predicted octanol–water partition coefficient (Wildman–Crippen LogP) is -0.117. The minimum atomic E-state index is -3.56. The number of amides is 1. The number of sulfonamides is 2. The smallest absolute Gasteiger partial charge is 0.256 e. The molecule has 1 N–H and O–H groups in total. The molecule has 1 saturated heterocycles. The summed E-state index contributed by atoms with van der Waals surface area (Å²) in [6.07, 6.45) is 4.56. The van der Waals surface area contributed by atoms with E-state index in [9.17, 15) is 21.6 Å². The summed E-state index contributed by atoms with van der Waals surface area (Å²) < 4.78 is 59.0. The fourth-order valence-corrected chi connectivity index (χ4v) is 6.94. The Kier molecular flexibility index (Phi) is 5.81. The van der Waals surface area contributed by atoms with Crippen molar-refractivity contribution in [1.82, 2.24) is 14.5 Å². The monoisotopic (exact) mass is 472 g/mol. The number of nitrogens with one attached hydrogen (secondary N) is 1. The molecule has 1 fully saturated rings. The van der Waals surface area contributed by atoms with Crippen molar-refractivity contribution < 1.29 is 26.4 Å². The van der Waals surface area contributed by atoms with Gasteiger partial charge in [-0.05, 0) is 24.3 Å². The van der Waals surface area contributed by atoms with Crippen LogP contribution in [0.15, 0.2) is 44.7 Å². The van der Waals surface area contributed by atoms with E-state index in [-0.39, 0.29) is 34.8 Å². The fourth-order valence-electron chi connectivity index (χ4n) is 3.11. The second-order valence-electron chi connectivity index (χ2n) is 6.77. The number of thiophene rings is 1. The van der Waals surface area contributed by atoms with Gasteiger partial charge in [-0.2, -0.15) is 4.31 Å². The van der Waals surface area contributed by atoms with E-state index in [2.05, 4.69) is 9.71 Å².